The molecule has 2 aromatic carbocycles. The summed E-state index contributed by atoms with van der Waals surface area (Å²) < 4.78 is 32.5. The minimum atomic E-state index is -3.77. The molecule has 0 radical (unpaired) electrons. The average molecular weight is 407 g/mol. The number of methoxy groups -OCH3 is 1. The molecule has 2 aromatic rings. The summed E-state index contributed by atoms with van der Waals surface area (Å²) in [5.41, 5.74) is 1.37. The van der Waals surface area contributed by atoms with Gasteiger partial charge >= 0.3 is 5.97 Å². The van der Waals surface area contributed by atoms with Gasteiger partial charge in [-0.3, -0.25) is 0 Å². The standard InChI is InChI=1S/C20H26N2O5S/c1-4-14(2)22-28(25,26)17-9-10-19(18(13-17)20(23)24)21-12-11-15-5-7-16(27-3)8-6-15/h5-10,13-14,21-22H,4,11-12H2,1-3H3,(H,23,24). The molecule has 2 rings (SSSR count). The van der Waals surface area contributed by atoms with Gasteiger partial charge in [-0.25, -0.2) is 17.9 Å². The number of benzene rings is 2. The largest absolute Gasteiger partial charge is 0.497 e. The molecule has 8 heteroatoms. The number of aromatic carboxylic acids is 1. The summed E-state index contributed by atoms with van der Waals surface area (Å²) in [6.45, 7) is 4.13. The van der Waals surface area contributed by atoms with Crippen LogP contribution in [0.25, 0.3) is 0 Å². The first-order chi connectivity index (χ1) is 13.3. The second-order valence-corrected chi connectivity index (χ2v) is 8.18. The van der Waals surface area contributed by atoms with Gasteiger partial charge in [-0.15, -0.1) is 0 Å². The van der Waals surface area contributed by atoms with Crippen molar-refractivity contribution in [1.29, 1.82) is 0 Å². The van der Waals surface area contributed by atoms with Crippen molar-refractivity contribution in [2.45, 2.75) is 37.6 Å². The minimum absolute atomic E-state index is 0.0640. The van der Waals surface area contributed by atoms with Crippen molar-refractivity contribution in [3.05, 3.63) is 53.6 Å². The van der Waals surface area contributed by atoms with Crippen LogP contribution in [-0.4, -0.2) is 39.2 Å². The lowest BCUT2D eigenvalue weighted by atomic mass is 10.1. The number of rotatable bonds is 10. The first kappa shape index (κ1) is 21.7. The molecule has 0 amide bonds. The molecular weight excluding hydrogens is 380 g/mol. The van der Waals surface area contributed by atoms with Crippen molar-refractivity contribution in [3.8, 4) is 5.75 Å². The Bertz CT molecular complexity index is 911. The van der Waals surface area contributed by atoms with Crippen LogP contribution in [0.4, 0.5) is 5.69 Å². The third-order valence-corrected chi connectivity index (χ3v) is 5.98. The van der Waals surface area contributed by atoms with E-state index in [0.717, 1.165) is 11.3 Å². The normalized spacial score (nSPS) is 12.4. The molecule has 0 bridgehead atoms. The fraction of sp³-hybridized carbons (Fsp3) is 0.350. The first-order valence-electron chi connectivity index (χ1n) is 9.03. The van der Waals surface area contributed by atoms with E-state index in [1.54, 1.807) is 14.0 Å². The van der Waals surface area contributed by atoms with Gasteiger partial charge in [-0.1, -0.05) is 19.1 Å². The zero-order valence-corrected chi connectivity index (χ0v) is 17.0. The molecule has 0 aromatic heterocycles. The Morgan fingerprint density at radius 3 is 2.43 bits per heavy atom. The Morgan fingerprint density at radius 1 is 1.18 bits per heavy atom. The first-order valence-corrected chi connectivity index (χ1v) is 10.5. The number of sulfonamides is 1. The lowest BCUT2D eigenvalue weighted by Gasteiger charge is -2.14. The molecule has 0 saturated heterocycles. The van der Waals surface area contributed by atoms with Crippen LogP contribution >= 0.6 is 0 Å². The Labute approximate surface area is 165 Å². The van der Waals surface area contributed by atoms with Crippen molar-refractivity contribution in [2.75, 3.05) is 19.0 Å². The summed E-state index contributed by atoms with van der Waals surface area (Å²) in [4.78, 5) is 11.5. The molecule has 0 heterocycles. The van der Waals surface area contributed by atoms with Crippen LogP contribution in [0.1, 0.15) is 36.2 Å². The number of carbonyl (C=O) groups is 1. The number of ether oxygens (including phenoxy) is 1. The summed E-state index contributed by atoms with van der Waals surface area (Å²) in [5.74, 6) is -0.416. The molecule has 1 unspecified atom stereocenters. The van der Waals surface area contributed by atoms with Gasteiger partial charge in [0.2, 0.25) is 10.0 Å². The zero-order valence-electron chi connectivity index (χ0n) is 16.2. The van der Waals surface area contributed by atoms with Crippen molar-refractivity contribution < 1.29 is 23.1 Å². The monoisotopic (exact) mass is 406 g/mol. The van der Waals surface area contributed by atoms with E-state index >= 15 is 0 Å². The van der Waals surface area contributed by atoms with Gasteiger partial charge < -0.3 is 15.2 Å². The summed E-state index contributed by atoms with van der Waals surface area (Å²) in [6.07, 6.45) is 1.31. The number of nitrogens with one attached hydrogen (secondary N) is 2. The second-order valence-electron chi connectivity index (χ2n) is 6.47. The van der Waals surface area contributed by atoms with Crippen LogP contribution in [0.2, 0.25) is 0 Å². The number of anilines is 1. The fourth-order valence-electron chi connectivity index (χ4n) is 2.57. The summed E-state index contributed by atoms with van der Waals surface area (Å²) >= 11 is 0. The molecule has 7 nitrogen and oxygen atoms in total. The van der Waals surface area contributed by atoms with Crippen LogP contribution in [0.3, 0.4) is 0 Å². The number of carboxylic acids is 1. The Hall–Kier alpha value is -2.58. The van der Waals surface area contributed by atoms with Crippen molar-refractivity contribution in [3.63, 3.8) is 0 Å². The minimum Gasteiger partial charge on any atom is -0.497 e. The predicted molar refractivity (Wildman–Crippen MR) is 109 cm³/mol. The lowest BCUT2D eigenvalue weighted by molar-refractivity contribution is 0.0697. The molecule has 1 atom stereocenters. The SMILES string of the molecule is CCC(C)NS(=O)(=O)c1ccc(NCCc2ccc(OC)cc2)c(C(=O)O)c1. The van der Waals surface area contributed by atoms with E-state index in [0.29, 0.717) is 25.1 Å². The molecule has 0 saturated carbocycles. The maximum Gasteiger partial charge on any atom is 0.337 e. The molecule has 3 N–H and O–H groups in total. The van der Waals surface area contributed by atoms with Crippen LogP contribution in [-0.2, 0) is 16.4 Å². The maximum atomic E-state index is 12.4. The molecule has 152 valence electrons. The van der Waals surface area contributed by atoms with Gasteiger partial charge in [0.1, 0.15) is 5.75 Å². The van der Waals surface area contributed by atoms with Crippen molar-refractivity contribution >= 4 is 21.7 Å². The zero-order chi connectivity index (χ0) is 20.7. The smallest absolute Gasteiger partial charge is 0.337 e. The number of hydrogen-bond acceptors (Lipinski definition) is 5. The molecule has 0 aliphatic carbocycles. The highest BCUT2D eigenvalue weighted by Crippen LogP contribution is 2.21. The second kappa shape index (κ2) is 9.57. The molecular formula is C20H26N2O5S. The van der Waals surface area contributed by atoms with Crippen LogP contribution < -0.4 is 14.8 Å². The molecule has 28 heavy (non-hydrogen) atoms. The predicted octanol–water partition coefficient (Wildman–Crippen LogP) is 3.12. The third-order valence-electron chi connectivity index (χ3n) is 4.39. The van der Waals surface area contributed by atoms with E-state index in [1.807, 2.05) is 31.2 Å². The topological polar surface area (TPSA) is 105 Å². The molecule has 0 spiro atoms. The van der Waals surface area contributed by atoms with Crippen molar-refractivity contribution in [1.82, 2.24) is 4.72 Å². The van der Waals surface area contributed by atoms with E-state index in [-0.39, 0.29) is 16.5 Å². The average Bonchev–Trinajstić information content (AvgIpc) is 2.68. The van der Waals surface area contributed by atoms with Crippen LogP contribution in [0.15, 0.2) is 47.4 Å². The number of hydrogen-bond donors (Lipinski definition) is 3. The Balaban J connectivity index is 2.12. The maximum absolute atomic E-state index is 12.4. The Kier molecular flexibility index (Phi) is 7.42. The summed E-state index contributed by atoms with van der Waals surface area (Å²) in [6, 6.07) is 11.5. The van der Waals surface area contributed by atoms with Gasteiger partial charge in [0.15, 0.2) is 0 Å². The van der Waals surface area contributed by atoms with Crippen LogP contribution in [0.5, 0.6) is 5.75 Å². The van der Waals surface area contributed by atoms with E-state index in [4.69, 9.17) is 4.74 Å². The van der Waals surface area contributed by atoms with Gasteiger partial charge in [-0.2, -0.15) is 0 Å². The highest BCUT2D eigenvalue weighted by molar-refractivity contribution is 7.89. The van der Waals surface area contributed by atoms with Gasteiger partial charge in [0.05, 0.1) is 17.6 Å². The molecule has 0 fully saturated rings. The number of carboxylic acid groups (broad SMARTS) is 1. The van der Waals surface area contributed by atoms with E-state index in [9.17, 15) is 18.3 Å². The van der Waals surface area contributed by atoms with Gasteiger partial charge in [0, 0.05) is 18.3 Å². The third kappa shape index (κ3) is 5.71. The van der Waals surface area contributed by atoms with E-state index in [1.165, 1.54) is 18.2 Å². The van der Waals surface area contributed by atoms with Crippen LogP contribution in [0, 0.1) is 0 Å². The lowest BCUT2D eigenvalue weighted by Crippen LogP contribution is -2.32. The van der Waals surface area contributed by atoms with Gasteiger partial charge in [-0.05, 0) is 55.7 Å². The van der Waals surface area contributed by atoms with E-state index < -0.39 is 16.0 Å². The van der Waals surface area contributed by atoms with E-state index in [2.05, 4.69) is 10.0 Å². The molecule has 0 aliphatic rings. The summed E-state index contributed by atoms with van der Waals surface area (Å²) in [5, 5.41) is 12.6. The highest BCUT2D eigenvalue weighted by Gasteiger charge is 2.20. The summed E-state index contributed by atoms with van der Waals surface area (Å²) in [7, 11) is -2.16. The highest BCUT2D eigenvalue weighted by atomic mass is 32.2. The van der Waals surface area contributed by atoms with Crippen molar-refractivity contribution in [2.24, 2.45) is 0 Å². The van der Waals surface area contributed by atoms with Gasteiger partial charge in [0.25, 0.3) is 0 Å². The molecule has 0 aliphatic heterocycles. The fourth-order valence-corrected chi connectivity index (χ4v) is 3.92. The Morgan fingerprint density at radius 2 is 1.86 bits per heavy atom. The quantitative estimate of drug-likeness (QED) is 0.560.